The van der Waals surface area contributed by atoms with E-state index in [4.69, 9.17) is 4.74 Å². The third kappa shape index (κ3) is 3.43. The van der Waals surface area contributed by atoms with Crippen molar-refractivity contribution in [1.29, 1.82) is 0 Å². The molecule has 0 radical (unpaired) electrons. The molecular formula is C18H23N3O2S. The van der Waals surface area contributed by atoms with Gasteiger partial charge in [0.15, 0.2) is 0 Å². The molecule has 3 rings (SSSR count). The summed E-state index contributed by atoms with van der Waals surface area (Å²) in [4.78, 5) is 24.9. The van der Waals surface area contributed by atoms with E-state index in [9.17, 15) is 4.79 Å². The first-order chi connectivity index (χ1) is 11.5. The van der Waals surface area contributed by atoms with Crippen molar-refractivity contribution >= 4 is 17.2 Å². The van der Waals surface area contributed by atoms with Gasteiger partial charge in [-0.15, -0.1) is 11.3 Å². The predicted octanol–water partition coefficient (Wildman–Crippen LogP) is 3.78. The summed E-state index contributed by atoms with van der Waals surface area (Å²) in [5.74, 6) is 0.412. The summed E-state index contributed by atoms with van der Waals surface area (Å²) in [5.41, 5.74) is 1.57. The van der Waals surface area contributed by atoms with Gasteiger partial charge in [0.25, 0.3) is 5.91 Å². The van der Waals surface area contributed by atoms with Gasteiger partial charge in [-0.1, -0.05) is 6.07 Å². The van der Waals surface area contributed by atoms with E-state index in [0.717, 1.165) is 30.0 Å². The Hall–Kier alpha value is -1.95. The summed E-state index contributed by atoms with van der Waals surface area (Å²) in [6.45, 7) is 5.91. The van der Waals surface area contributed by atoms with Crippen LogP contribution in [0.15, 0.2) is 18.2 Å². The maximum atomic E-state index is 12.9. The highest BCUT2D eigenvalue weighted by atomic mass is 32.1. The van der Waals surface area contributed by atoms with E-state index in [-0.39, 0.29) is 18.1 Å². The molecule has 0 saturated carbocycles. The van der Waals surface area contributed by atoms with Crippen LogP contribution in [0.2, 0.25) is 0 Å². The van der Waals surface area contributed by atoms with Crippen LogP contribution in [-0.2, 0) is 6.42 Å². The smallest absolute Gasteiger partial charge is 0.272 e. The molecule has 5 nitrogen and oxygen atoms in total. The summed E-state index contributed by atoms with van der Waals surface area (Å²) in [5, 5.41) is 1.07. The van der Waals surface area contributed by atoms with E-state index < -0.39 is 0 Å². The lowest BCUT2D eigenvalue weighted by molar-refractivity contribution is 0.0710. The minimum Gasteiger partial charge on any atom is -0.475 e. The fraction of sp³-hybridized carbons (Fsp3) is 0.500. The number of pyridine rings is 1. The lowest BCUT2D eigenvalue weighted by Crippen LogP contribution is -2.33. The van der Waals surface area contributed by atoms with Crippen molar-refractivity contribution in [3.8, 4) is 5.88 Å². The van der Waals surface area contributed by atoms with E-state index in [0.29, 0.717) is 11.6 Å². The monoisotopic (exact) mass is 345 g/mol. The van der Waals surface area contributed by atoms with Gasteiger partial charge in [0.1, 0.15) is 5.69 Å². The van der Waals surface area contributed by atoms with Gasteiger partial charge in [0.2, 0.25) is 5.88 Å². The van der Waals surface area contributed by atoms with Gasteiger partial charge in [-0.05, 0) is 46.1 Å². The quantitative estimate of drug-likeness (QED) is 0.846. The standard InChI is InChI=1S/C18H23N3O2S/c1-11(2)23-16-10-6-8-14(20-16)18(22)21(4)15-9-5-7-13-17(15)24-12(3)19-13/h6,8,10-11,15H,5,7,9H2,1-4H3. The zero-order chi connectivity index (χ0) is 17.3. The summed E-state index contributed by atoms with van der Waals surface area (Å²) < 4.78 is 5.60. The number of rotatable bonds is 4. The van der Waals surface area contributed by atoms with Crippen molar-refractivity contribution < 1.29 is 9.53 Å². The van der Waals surface area contributed by atoms with Crippen molar-refractivity contribution in [2.24, 2.45) is 0 Å². The highest BCUT2D eigenvalue weighted by Crippen LogP contribution is 2.37. The van der Waals surface area contributed by atoms with Crippen molar-refractivity contribution in [2.45, 2.75) is 52.2 Å². The number of hydrogen-bond acceptors (Lipinski definition) is 5. The largest absolute Gasteiger partial charge is 0.475 e. The fourth-order valence-electron chi connectivity index (χ4n) is 3.05. The number of carbonyl (C=O) groups is 1. The molecule has 1 amide bonds. The molecule has 0 aromatic carbocycles. The Kier molecular flexibility index (Phi) is 4.85. The van der Waals surface area contributed by atoms with E-state index >= 15 is 0 Å². The third-order valence-electron chi connectivity index (χ3n) is 4.12. The van der Waals surface area contributed by atoms with Crippen LogP contribution >= 0.6 is 11.3 Å². The SMILES string of the molecule is Cc1nc2c(s1)C(N(C)C(=O)c1cccc(OC(C)C)n1)CCC2. The lowest BCUT2D eigenvalue weighted by Gasteiger charge is -2.30. The molecule has 1 atom stereocenters. The molecule has 2 aromatic rings. The van der Waals surface area contributed by atoms with Crippen LogP contribution in [0.25, 0.3) is 0 Å². The van der Waals surface area contributed by atoms with Crippen LogP contribution < -0.4 is 4.74 Å². The predicted molar refractivity (Wildman–Crippen MR) is 94.6 cm³/mol. The summed E-state index contributed by atoms with van der Waals surface area (Å²) in [7, 11) is 1.86. The minimum atomic E-state index is -0.0758. The average molecular weight is 345 g/mol. The molecule has 0 saturated heterocycles. The van der Waals surface area contributed by atoms with E-state index in [1.807, 2.05) is 33.9 Å². The number of carbonyl (C=O) groups excluding carboxylic acids is 1. The van der Waals surface area contributed by atoms with Crippen LogP contribution in [0, 0.1) is 6.92 Å². The molecule has 128 valence electrons. The summed E-state index contributed by atoms with van der Waals surface area (Å²) in [6, 6.07) is 5.42. The van der Waals surface area contributed by atoms with Crippen LogP contribution in [-0.4, -0.2) is 33.9 Å². The summed E-state index contributed by atoms with van der Waals surface area (Å²) >= 11 is 1.70. The van der Waals surface area contributed by atoms with Crippen LogP contribution in [0.1, 0.15) is 58.8 Å². The summed E-state index contributed by atoms with van der Waals surface area (Å²) in [6.07, 6.45) is 3.07. The van der Waals surface area contributed by atoms with E-state index in [1.165, 1.54) is 4.88 Å². The Labute approximate surface area is 146 Å². The Bertz CT molecular complexity index is 742. The molecule has 2 aromatic heterocycles. The molecule has 0 spiro atoms. The van der Waals surface area contributed by atoms with Crippen molar-refractivity contribution in [3.63, 3.8) is 0 Å². The van der Waals surface area contributed by atoms with Gasteiger partial charge in [0, 0.05) is 13.1 Å². The first-order valence-corrected chi connectivity index (χ1v) is 9.14. The highest BCUT2D eigenvalue weighted by molar-refractivity contribution is 7.11. The van der Waals surface area contributed by atoms with E-state index in [2.05, 4.69) is 9.97 Å². The Morgan fingerprint density at radius 2 is 2.17 bits per heavy atom. The molecule has 2 heterocycles. The van der Waals surface area contributed by atoms with Crippen LogP contribution in [0.5, 0.6) is 5.88 Å². The molecule has 0 N–H and O–H groups in total. The number of hydrogen-bond donors (Lipinski definition) is 0. The lowest BCUT2D eigenvalue weighted by atomic mass is 9.97. The molecular weight excluding hydrogens is 322 g/mol. The zero-order valence-electron chi connectivity index (χ0n) is 14.6. The minimum absolute atomic E-state index is 0.0293. The fourth-order valence-corrected chi connectivity index (χ4v) is 4.20. The van der Waals surface area contributed by atoms with Crippen molar-refractivity contribution in [1.82, 2.24) is 14.9 Å². The van der Waals surface area contributed by atoms with Gasteiger partial charge < -0.3 is 9.64 Å². The topological polar surface area (TPSA) is 55.3 Å². The van der Waals surface area contributed by atoms with Crippen LogP contribution in [0.3, 0.4) is 0 Å². The molecule has 6 heteroatoms. The van der Waals surface area contributed by atoms with Gasteiger partial charge >= 0.3 is 0 Å². The maximum Gasteiger partial charge on any atom is 0.272 e. The van der Waals surface area contributed by atoms with Crippen molar-refractivity contribution in [2.75, 3.05) is 7.05 Å². The molecule has 0 bridgehead atoms. The second kappa shape index (κ2) is 6.89. The van der Waals surface area contributed by atoms with E-state index in [1.54, 1.807) is 28.4 Å². The number of aryl methyl sites for hydroxylation is 2. The zero-order valence-corrected chi connectivity index (χ0v) is 15.4. The Morgan fingerprint density at radius 1 is 1.38 bits per heavy atom. The Balaban J connectivity index is 1.83. The molecule has 1 aliphatic rings. The number of fused-ring (bicyclic) bond motifs is 1. The number of amides is 1. The first-order valence-electron chi connectivity index (χ1n) is 8.32. The Morgan fingerprint density at radius 3 is 2.92 bits per heavy atom. The molecule has 1 aliphatic carbocycles. The molecule has 0 fully saturated rings. The molecule has 1 unspecified atom stereocenters. The number of thiazole rings is 1. The second-order valence-electron chi connectivity index (χ2n) is 6.40. The number of nitrogens with zero attached hydrogens (tertiary/aromatic N) is 3. The number of ether oxygens (including phenoxy) is 1. The normalized spacial score (nSPS) is 16.8. The van der Waals surface area contributed by atoms with Gasteiger partial charge in [-0.25, -0.2) is 9.97 Å². The van der Waals surface area contributed by atoms with Gasteiger partial charge in [-0.3, -0.25) is 4.79 Å². The second-order valence-corrected chi connectivity index (χ2v) is 7.63. The highest BCUT2D eigenvalue weighted by Gasteiger charge is 2.30. The maximum absolute atomic E-state index is 12.9. The molecule has 24 heavy (non-hydrogen) atoms. The average Bonchev–Trinajstić information content (AvgIpc) is 2.93. The van der Waals surface area contributed by atoms with Gasteiger partial charge in [0.05, 0.1) is 27.7 Å². The third-order valence-corrected chi connectivity index (χ3v) is 5.23. The number of aromatic nitrogens is 2. The van der Waals surface area contributed by atoms with Gasteiger partial charge in [-0.2, -0.15) is 0 Å². The van der Waals surface area contributed by atoms with Crippen LogP contribution in [0.4, 0.5) is 0 Å². The first kappa shape index (κ1) is 16.9. The molecule has 0 aliphatic heterocycles. The van der Waals surface area contributed by atoms with Crippen molar-refractivity contribution in [3.05, 3.63) is 39.5 Å².